The van der Waals surface area contributed by atoms with Gasteiger partial charge in [-0.15, -0.1) is 0 Å². The number of carbonyl (C=O) groups is 1. The molecule has 0 spiro atoms. The largest absolute Gasteiger partial charge is 0.494 e. The summed E-state index contributed by atoms with van der Waals surface area (Å²) in [4.78, 5) is 12.7. The fraction of sp³-hybridized carbons (Fsp3) is 0.579. The second-order valence-corrected chi connectivity index (χ2v) is 8.00. The quantitative estimate of drug-likeness (QED) is 0.821. The van der Waals surface area contributed by atoms with Crippen LogP contribution in [0.2, 0.25) is 0 Å². The Labute approximate surface area is 160 Å². The third-order valence-electron chi connectivity index (χ3n) is 5.61. The second kappa shape index (κ2) is 7.06. The Bertz CT molecular complexity index is 758. The first-order valence-corrected chi connectivity index (χ1v) is 9.20. The molecule has 2 fully saturated rings. The number of nitrogens with zero attached hydrogens (tertiary/aromatic N) is 2. The van der Waals surface area contributed by atoms with Gasteiger partial charge in [0.2, 0.25) is 0 Å². The Hall–Kier alpha value is -2.24. The van der Waals surface area contributed by atoms with Crippen LogP contribution in [0.1, 0.15) is 52.5 Å². The van der Waals surface area contributed by atoms with E-state index in [1.165, 1.54) is 4.90 Å². The van der Waals surface area contributed by atoms with E-state index in [0.29, 0.717) is 24.3 Å². The number of rotatable bonds is 3. The highest BCUT2D eigenvalue weighted by Crippen LogP contribution is 2.36. The SMILES string of the molecule is CC1(C)OB(c2ccc(OC3CCCCN3C(=O)O)c(C#N)c2)OC1(C)C. The molecular formula is C19H25BN2O5. The molecule has 144 valence electrons. The second-order valence-electron chi connectivity index (χ2n) is 8.00. The van der Waals surface area contributed by atoms with E-state index in [0.717, 1.165) is 18.3 Å². The summed E-state index contributed by atoms with van der Waals surface area (Å²) in [5.41, 5.74) is 0.127. The summed E-state index contributed by atoms with van der Waals surface area (Å²) in [6, 6.07) is 7.30. The van der Waals surface area contributed by atoms with E-state index in [1.807, 2.05) is 27.7 Å². The van der Waals surface area contributed by atoms with Crippen molar-refractivity contribution < 1.29 is 23.9 Å². The highest BCUT2D eigenvalue weighted by molar-refractivity contribution is 6.62. The topological polar surface area (TPSA) is 92.0 Å². The molecule has 0 radical (unpaired) electrons. The molecule has 8 heteroatoms. The lowest BCUT2D eigenvalue weighted by Gasteiger charge is -2.33. The first-order valence-electron chi connectivity index (χ1n) is 9.20. The van der Waals surface area contributed by atoms with Gasteiger partial charge in [-0.25, -0.2) is 4.79 Å². The predicted molar refractivity (Wildman–Crippen MR) is 99.9 cm³/mol. The van der Waals surface area contributed by atoms with Gasteiger partial charge in [0.1, 0.15) is 11.8 Å². The van der Waals surface area contributed by atoms with Crippen LogP contribution in [-0.2, 0) is 9.31 Å². The van der Waals surface area contributed by atoms with Gasteiger partial charge < -0.3 is 19.2 Å². The predicted octanol–water partition coefficient (Wildman–Crippen LogP) is 2.73. The van der Waals surface area contributed by atoms with Crippen LogP contribution in [0.5, 0.6) is 5.75 Å². The molecule has 1 amide bonds. The molecule has 2 aliphatic heterocycles. The smallest absolute Gasteiger partial charge is 0.469 e. The van der Waals surface area contributed by atoms with Gasteiger partial charge in [0.25, 0.3) is 0 Å². The molecule has 1 atom stereocenters. The number of carboxylic acid groups (broad SMARTS) is 1. The monoisotopic (exact) mass is 372 g/mol. The summed E-state index contributed by atoms with van der Waals surface area (Å²) in [6.45, 7) is 8.32. The average molecular weight is 372 g/mol. The lowest BCUT2D eigenvalue weighted by atomic mass is 9.78. The minimum Gasteiger partial charge on any atom is -0.469 e. The molecule has 0 aromatic heterocycles. The zero-order chi connectivity index (χ0) is 19.8. The van der Waals surface area contributed by atoms with Crippen LogP contribution in [0.15, 0.2) is 18.2 Å². The van der Waals surface area contributed by atoms with E-state index in [9.17, 15) is 15.2 Å². The lowest BCUT2D eigenvalue weighted by molar-refractivity contribution is 0.00578. The van der Waals surface area contributed by atoms with Crippen LogP contribution in [-0.4, -0.2) is 47.2 Å². The summed E-state index contributed by atoms with van der Waals surface area (Å²) in [6.07, 6.45) is 0.731. The van der Waals surface area contributed by atoms with Crippen LogP contribution >= 0.6 is 0 Å². The molecule has 0 aliphatic carbocycles. The van der Waals surface area contributed by atoms with E-state index >= 15 is 0 Å². The van der Waals surface area contributed by atoms with Gasteiger partial charge in [0.05, 0.1) is 16.8 Å². The first-order chi connectivity index (χ1) is 12.6. The Balaban J connectivity index is 1.81. The van der Waals surface area contributed by atoms with Crippen molar-refractivity contribution in [2.45, 2.75) is 64.4 Å². The fourth-order valence-electron chi connectivity index (χ4n) is 3.25. The summed E-state index contributed by atoms with van der Waals surface area (Å²) in [5, 5.41) is 18.9. The zero-order valence-electron chi connectivity index (χ0n) is 16.2. The molecule has 0 saturated carbocycles. The summed E-state index contributed by atoms with van der Waals surface area (Å²) in [7, 11) is -0.568. The first kappa shape index (κ1) is 19.5. The van der Waals surface area contributed by atoms with E-state index in [2.05, 4.69) is 6.07 Å². The normalized spacial score (nSPS) is 23.7. The van der Waals surface area contributed by atoms with Crippen LogP contribution < -0.4 is 10.2 Å². The van der Waals surface area contributed by atoms with Crippen LogP contribution in [0.3, 0.4) is 0 Å². The van der Waals surface area contributed by atoms with E-state index in [-0.39, 0.29) is 0 Å². The number of piperidine rings is 1. The molecule has 2 aliphatic rings. The average Bonchev–Trinajstić information content (AvgIpc) is 2.83. The van der Waals surface area contributed by atoms with E-state index in [4.69, 9.17) is 14.0 Å². The number of ether oxygens (including phenoxy) is 1. The minimum atomic E-state index is -1.01. The highest BCUT2D eigenvalue weighted by atomic mass is 16.7. The third kappa shape index (κ3) is 3.75. The van der Waals surface area contributed by atoms with Crippen LogP contribution in [0.4, 0.5) is 4.79 Å². The maximum atomic E-state index is 11.4. The molecule has 1 unspecified atom stereocenters. The number of likely N-dealkylation sites (tertiary alicyclic amines) is 1. The lowest BCUT2D eigenvalue weighted by Crippen LogP contribution is -2.46. The molecule has 7 nitrogen and oxygen atoms in total. The van der Waals surface area contributed by atoms with Gasteiger partial charge in [-0.05, 0) is 58.1 Å². The zero-order valence-corrected chi connectivity index (χ0v) is 16.2. The van der Waals surface area contributed by atoms with Crippen molar-refractivity contribution in [3.8, 4) is 11.8 Å². The van der Waals surface area contributed by atoms with Crippen molar-refractivity contribution in [1.29, 1.82) is 5.26 Å². The number of nitriles is 1. The van der Waals surface area contributed by atoms with Crippen molar-refractivity contribution in [3.63, 3.8) is 0 Å². The standard InChI is InChI=1S/C19H25BN2O5/c1-18(2)19(3,4)27-20(26-18)14-8-9-15(13(11-14)12-21)25-16-7-5-6-10-22(16)17(23)24/h8-9,11,16H,5-7,10H2,1-4H3,(H,23,24). The van der Waals surface area contributed by atoms with Crippen molar-refractivity contribution >= 4 is 18.7 Å². The minimum absolute atomic E-state index is 0.332. The Morgan fingerprint density at radius 3 is 2.56 bits per heavy atom. The molecule has 0 bridgehead atoms. The molecular weight excluding hydrogens is 347 g/mol. The third-order valence-corrected chi connectivity index (χ3v) is 5.61. The van der Waals surface area contributed by atoms with Gasteiger partial charge in [0.15, 0.2) is 6.23 Å². The summed E-state index contributed by atoms with van der Waals surface area (Å²) >= 11 is 0. The number of hydrogen-bond donors (Lipinski definition) is 1. The van der Waals surface area contributed by atoms with Crippen molar-refractivity contribution in [3.05, 3.63) is 23.8 Å². The van der Waals surface area contributed by atoms with Crippen molar-refractivity contribution in [2.24, 2.45) is 0 Å². The molecule has 1 aromatic rings. The Morgan fingerprint density at radius 2 is 1.96 bits per heavy atom. The fourth-order valence-corrected chi connectivity index (χ4v) is 3.25. The van der Waals surface area contributed by atoms with E-state index < -0.39 is 30.6 Å². The van der Waals surface area contributed by atoms with Gasteiger partial charge in [-0.3, -0.25) is 4.90 Å². The molecule has 1 aromatic carbocycles. The van der Waals surface area contributed by atoms with Crippen molar-refractivity contribution in [1.82, 2.24) is 4.90 Å². The molecule has 27 heavy (non-hydrogen) atoms. The number of amides is 1. The maximum Gasteiger partial charge on any atom is 0.494 e. The Kier molecular flexibility index (Phi) is 5.11. The molecule has 2 heterocycles. The molecule has 2 saturated heterocycles. The van der Waals surface area contributed by atoms with Gasteiger partial charge in [-0.2, -0.15) is 5.26 Å². The number of benzene rings is 1. The number of hydrogen-bond acceptors (Lipinski definition) is 5. The van der Waals surface area contributed by atoms with Crippen LogP contribution in [0, 0.1) is 11.3 Å². The van der Waals surface area contributed by atoms with Gasteiger partial charge in [0, 0.05) is 13.0 Å². The van der Waals surface area contributed by atoms with Crippen molar-refractivity contribution in [2.75, 3.05) is 6.54 Å². The van der Waals surface area contributed by atoms with Gasteiger partial charge in [-0.1, -0.05) is 6.07 Å². The van der Waals surface area contributed by atoms with E-state index in [1.54, 1.807) is 18.2 Å². The van der Waals surface area contributed by atoms with Gasteiger partial charge >= 0.3 is 13.2 Å². The van der Waals surface area contributed by atoms with Crippen LogP contribution in [0.25, 0.3) is 0 Å². The summed E-state index contributed by atoms with van der Waals surface area (Å²) < 4.78 is 18.0. The molecule has 3 rings (SSSR count). The Morgan fingerprint density at radius 1 is 1.30 bits per heavy atom. The molecule has 1 N–H and O–H groups in total. The summed E-state index contributed by atoms with van der Waals surface area (Å²) in [5.74, 6) is 0.371. The maximum absolute atomic E-state index is 11.4. The highest BCUT2D eigenvalue weighted by Gasteiger charge is 2.51.